The monoisotopic (exact) mass is 524 g/mol. The zero-order chi connectivity index (χ0) is 27.3. The summed E-state index contributed by atoms with van der Waals surface area (Å²) in [5.41, 5.74) is 0.925. The number of carbonyl (C=O) groups is 2. The molecule has 11 nitrogen and oxygen atoms in total. The van der Waals surface area contributed by atoms with E-state index in [9.17, 15) is 35.1 Å². The number of hydrogen-bond acceptors (Lipinski definition) is 11. The maximum atomic E-state index is 12.9. The minimum Gasteiger partial charge on any atom is -0.508 e. The second-order valence-corrected chi connectivity index (χ2v) is 9.02. The van der Waals surface area contributed by atoms with E-state index in [-0.39, 0.29) is 52.2 Å². The van der Waals surface area contributed by atoms with Crippen LogP contribution in [0, 0.1) is 0 Å². The molecular weight excluding hydrogens is 500 g/mol. The number of hydrogen-bond donors (Lipinski definition) is 5. The standard InChI is InChI=1S/C27H24O11/c1-11(28)36-10-16-15-5-13(26-24(34)23(33)22-18(31)8-14(29)9-21(22)37-26)6-19(32)27(15)38-25(16)12-3-4-17(30)20(7-12)35-2/h3-9,16,24-26,29-32,34H,10H2,1-2H3/t16-,24+,25+,26-/m1/s1. The van der Waals surface area contributed by atoms with Crippen molar-refractivity contribution in [3.8, 4) is 40.2 Å². The molecule has 0 saturated carbocycles. The Morgan fingerprint density at radius 2 is 1.68 bits per heavy atom. The molecule has 11 heteroatoms. The molecule has 3 aromatic carbocycles. The van der Waals surface area contributed by atoms with Gasteiger partial charge in [-0.1, -0.05) is 6.07 Å². The molecule has 0 aromatic heterocycles. The van der Waals surface area contributed by atoms with E-state index in [1.807, 2.05) is 0 Å². The number of ether oxygens (including phenoxy) is 4. The van der Waals surface area contributed by atoms with Gasteiger partial charge in [0.25, 0.3) is 0 Å². The maximum Gasteiger partial charge on any atom is 0.302 e. The molecule has 0 unspecified atom stereocenters. The number of carbonyl (C=O) groups excluding carboxylic acids is 2. The topological polar surface area (TPSA) is 172 Å². The van der Waals surface area contributed by atoms with Crippen molar-refractivity contribution < 1.29 is 54.1 Å². The Bertz CT molecular complexity index is 1450. The van der Waals surface area contributed by atoms with Gasteiger partial charge in [0.05, 0.1) is 13.0 Å². The first-order valence-corrected chi connectivity index (χ1v) is 11.6. The predicted molar refractivity (Wildman–Crippen MR) is 129 cm³/mol. The average Bonchev–Trinajstić information content (AvgIpc) is 3.23. The third-order valence-electron chi connectivity index (χ3n) is 6.58. The lowest BCUT2D eigenvalue weighted by Gasteiger charge is -2.30. The van der Waals surface area contributed by atoms with Crippen LogP contribution in [-0.2, 0) is 9.53 Å². The number of methoxy groups -OCH3 is 1. The predicted octanol–water partition coefficient (Wildman–Crippen LogP) is 2.98. The number of aliphatic hydroxyl groups is 1. The summed E-state index contributed by atoms with van der Waals surface area (Å²) in [7, 11) is 1.39. The van der Waals surface area contributed by atoms with Crippen LogP contribution in [0.15, 0.2) is 42.5 Å². The van der Waals surface area contributed by atoms with Crippen molar-refractivity contribution in [1.29, 1.82) is 0 Å². The first kappa shape index (κ1) is 25.0. The number of aliphatic hydroxyl groups excluding tert-OH is 1. The highest BCUT2D eigenvalue weighted by molar-refractivity contribution is 6.05. The molecule has 0 spiro atoms. The summed E-state index contributed by atoms with van der Waals surface area (Å²) in [6.07, 6.45) is -3.79. The number of rotatable bonds is 5. The maximum absolute atomic E-state index is 12.9. The van der Waals surface area contributed by atoms with Crippen molar-refractivity contribution in [2.45, 2.75) is 31.2 Å². The highest BCUT2D eigenvalue weighted by Crippen LogP contribution is 2.53. The van der Waals surface area contributed by atoms with Crippen LogP contribution in [0.2, 0.25) is 0 Å². The zero-order valence-corrected chi connectivity index (χ0v) is 20.2. The summed E-state index contributed by atoms with van der Waals surface area (Å²) in [6, 6.07) is 9.54. The fraction of sp³-hybridized carbons (Fsp3) is 0.259. The van der Waals surface area contributed by atoms with Crippen molar-refractivity contribution in [2.75, 3.05) is 13.7 Å². The molecule has 0 amide bonds. The number of ketones is 1. The van der Waals surface area contributed by atoms with Crippen molar-refractivity contribution in [3.63, 3.8) is 0 Å². The van der Waals surface area contributed by atoms with Crippen LogP contribution in [0.25, 0.3) is 0 Å². The van der Waals surface area contributed by atoms with Gasteiger partial charge >= 0.3 is 5.97 Å². The number of phenolic OH excluding ortho intramolecular Hbond substituents is 4. The smallest absolute Gasteiger partial charge is 0.302 e. The minimum atomic E-state index is -1.73. The van der Waals surface area contributed by atoms with Gasteiger partial charge < -0.3 is 44.5 Å². The third-order valence-corrected chi connectivity index (χ3v) is 6.58. The van der Waals surface area contributed by atoms with E-state index in [0.717, 1.165) is 12.1 Å². The van der Waals surface area contributed by atoms with Crippen molar-refractivity contribution in [2.24, 2.45) is 0 Å². The second-order valence-electron chi connectivity index (χ2n) is 9.02. The summed E-state index contributed by atoms with van der Waals surface area (Å²) in [5.74, 6) is -3.11. The van der Waals surface area contributed by atoms with E-state index in [0.29, 0.717) is 11.1 Å². The van der Waals surface area contributed by atoms with Gasteiger partial charge in [-0.25, -0.2) is 0 Å². The number of esters is 1. The molecule has 198 valence electrons. The summed E-state index contributed by atoms with van der Waals surface area (Å²) in [5, 5.41) is 51.6. The number of benzene rings is 3. The Morgan fingerprint density at radius 3 is 2.39 bits per heavy atom. The summed E-state index contributed by atoms with van der Waals surface area (Å²) < 4.78 is 22.3. The molecule has 0 bridgehead atoms. The summed E-state index contributed by atoms with van der Waals surface area (Å²) >= 11 is 0. The largest absolute Gasteiger partial charge is 0.508 e. The summed E-state index contributed by atoms with van der Waals surface area (Å²) in [6.45, 7) is 1.12. The molecule has 3 aromatic rings. The number of aromatic hydroxyl groups is 4. The quantitative estimate of drug-likeness (QED) is 0.311. The molecular formula is C27H24O11. The van der Waals surface area contributed by atoms with Crippen LogP contribution >= 0.6 is 0 Å². The number of Topliss-reactive ketones (excluding diaryl/α,β-unsaturated/α-hetero) is 1. The minimum absolute atomic E-state index is 0.0844. The van der Waals surface area contributed by atoms with Crippen LogP contribution < -0.4 is 14.2 Å². The molecule has 0 saturated heterocycles. The van der Waals surface area contributed by atoms with Crippen molar-refractivity contribution in [1.82, 2.24) is 0 Å². The van der Waals surface area contributed by atoms with E-state index < -0.39 is 41.7 Å². The van der Waals surface area contributed by atoms with E-state index in [4.69, 9.17) is 18.9 Å². The Labute approximate surface area is 216 Å². The normalized spacial score (nSPS) is 21.6. The molecule has 5 N–H and O–H groups in total. The number of phenols is 4. The Balaban J connectivity index is 1.57. The molecule has 2 aliphatic rings. The zero-order valence-electron chi connectivity index (χ0n) is 20.2. The average molecular weight is 524 g/mol. The van der Waals surface area contributed by atoms with Crippen molar-refractivity contribution in [3.05, 3.63) is 64.7 Å². The number of fused-ring (bicyclic) bond motifs is 2. The lowest BCUT2D eigenvalue weighted by atomic mass is 9.87. The SMILES string of the molecule is COc1cc([C@@H]2Oc3c(O)cc([C@H]4Oc5cc(O)cc(O)c5C(=O)[C@@H]4O)cc3[C@H]2COC(C)=O)ccc1O. The van der Waals surface area contributed by atoms with Crippen molar-refractivity contribution >= 4 is 11.8 Å². The van der Waals surface area contributed by atoms with Crippen LogP contribution in [0.3, 0.4) is 0 Å². The van der Waals surface area contributed by atoms with Crippen LogP contribution in [0.5, 0.6) is 40.2 Å². The molecule has 38 heavy (non-hydrogen) atoms. The highest BCUT2D eigenvalue weighted by Gasteiger charge is 2.43. The molecule has 2 heterocycles. The molecule has 0 aliphatic carbocycles. The van der Waals surface area contributed by atoms with E-state index in [2.05, 4.69) is 0 Å². The van der Waals surface area contributed by atoms with E-state index >= 15 is 0 Å². The lowest BCUT2D eigenvalue weighted by molar-refractivity contribution is -0.141. The fourth-order valence-corrected chi connectivity index (χ4v) is 4.82. The second kappa shape index (κ2) is 9.34. The Hall–Kier alpha value is -4.64. The van der Waals surface area contributed by atoms with Gasteiger partial charge in [-0.3, -0.25) is 9.59 Å². The first-order valence-electron chi connectivity index (χ1n) is 11.6. The van der Waals surface area contributed by atoms with Gasteiger partial charge in [0.2, 0.25) is 5.78 Å². The fourth-order valence-electron chi connectivity index (χ4n) is 4.82. The van der Waals surface area contributed by atoms with Crippen LogP contribution in [0.4, 0.5) is 0 Å². The van der Waals surface area contributed by atoms with Gasteiger partial charge in [0, 0.05) is 24.6 Å². The first-order chi connectivity index (χ1) is 18.1. The molecule has 4 atom stereocenters. The van der Waals surface area contributed by atoms with Gasteiger partial charge in [-0.05, 0) is 35.4 Å². The summed E-state index contributed by atoms with van der Waals surface area (Å²) in [4.78, 5) is 24.5. The Morgan fingerprint density at radius 1 is 0.921 bits per heavy atom. The molecule has 2 aliphatic heterocycles. The van der Waals surface area contributed by atoms with E-state index in [1.165, 1.54) is 26.2 Å². The van der Waals surface area contributed by atoms with Gasteiger partial charge in [0.1, 0.15) is 35.5 Å². The molecule has 0 fully saturated rings. The van der Waals surface area contributed by atoms with Crippen LogP contribution in [0.1, 0.15) is 52.1 Å². The van der Waals surface area contributed by atoms with Crippen LogP contribution in [-0.4, -0.2) is 57.1 Å². The highest BCUT2D eigenvalue weighted by atomic mass is 16.5. The Kier molecular flexibility index (Phi) is 6.15. The van der Waals surface area contributed by atoms with E-state index in [1.54, 1.807) is 18.2 Å². The molecule has 5 rings (SSSR count). The van der Waals surface area contributed by atoms with Gasteiger partial charge in [0.15, 0.2) is 35.2 Å². The lowest BCUT2D eigenvalue weighted by Crippen LogP contribution is -2.36. The third kappa shape index (κ3) is 4.16. The van der Waals surface area contributed by atoms with Gasteiger partial charge in [-0.2, -0.15) is 0 Å². The molecule has 0 radical (unpaired) electrons. The van der Waals surface area contributed by atoms with Gasteiger partial charge in [-0.15, -0.1) is 0 Å².